The highest BCUT2D eigenvalue weighted by Crippen LogP contribution is 2.67. The summed E-state index contributed by atoms with van der Waals surface area (Å²) in [5.74, 6) is 2.68. The molecule has 1 aromatic rings. The number of likely N-dealkylation sites (tertiary alicyclic amines) is 1. The summed E-state index contributed by atoms with van der Waals surface area (Å²) in [5.41, 5.74) is 0.277. The second-order valence-corrected chi connectivity index (χ2v) is 13.4. The lowest BCUT2D eigenvalue weighted by atomic mass is 9.72. The van der Waals surface area contributed by atoms with Crippen molar-refractivity contribution in [2.75, 3.05) is 40.4 Å². The molecular formula is C31H48ClN3O3. The average Bonchev–Trinajstić information content (AvgIpc) is 3.29. The van der Waals surface area contributed by atoms with Crippen molar-refractivity contribution < 1.29 is 14.6 Å². The summed E-state index contributed by atoms with van der Waals surface area (Å²) in [4.78, 5) is 15.6. The molecule has 0 radical (unpaired) electrons. The third kappa shape index (κ3) is 5.89. The minimum absolute atomic E-state index is 0.0249. The summed E-state index contributed by atoms with van der Waals surface area (Å²) in [5, 5.41) is 19.6. The van der Waals surface area contributed by atoms with Gasteiger partial charge < -0.3 is 25.4 Å². The molecule has 5 fully saturated rings. The van der Waals surface area contributed by atoms with Crippen molar-refractivity contribution in [2.45, 2.75) is 82.3 Å². The first-order valence-corrected chi connectivity index (χ1v) is 15.4. The van der Waals surface area contributed by atoms with Gasteiger partial charge in [0.15, 0.2) is 0 Å². The normalized spacial score (nSPS) is 32.4. The van der Waals surface area contributed by atoms with E-state index in [1.807, 2.05) is 36.2 Å². The highest BCUT2D eigenvalue weighted by Gasteiger charge is 2.57. The quantitative estimate of drug-likeness (QED) is 0.300. The van der Waals surface area contributed by atoms with Gasteiger partial charge in [-0.3, -0.25) is 0 Å². The lowest BCUT2D eigenvalue weighted by molar-refractivity contribution is -0.0564. The standard InChI is InChI=1S/C31H48ClN3O3/c1-33-20-28(19-30-17-22-13-23(18-30)15-26(30)14-22)34-29(36)35-11-6-8-25(21-35)31(37,10-3-4-12-38-2)24-7-5-9-27(32)16-24/h5,7,9,16,22-23,25-26,28,33,37H,3-4,6,8,10-15,17-21H2,1-2H3,(H,34,36). The Labute approximate surface area is 234 Å². The van der Waals surface area contributed by atoms with E-state index in [0.29, 0.717) is 30.0 Å². The SMILES string of the molecule is CNCC(CC12CC3CC(CC1C3)C2)NC(=O)N1CCCC(C(O)(CCCCOC)c2cccc(Cl)c2)C1. The molecule has 2 amide bonds. The molecule has 3 N–H and O–H groups in total. The minimum atomic E-state index is -1.02. The Kier molecular flexibility index (Phi) is 8.93. The van der Waals surface area contributed by atoms with E-state index in [9.17, 15) is 9.90 Å². The van der Waals surface area contributed by atoms with Crippen LogP contribution in [-0.4, -0.2) is 62.5 Å². The molecule has 1 saturated heterocycles. The zero-order valence-corrected chi connectivity index (χ0v) is 24.1. The van der Waals surface area contributed by atoms with Gasteiger partial charge in [-0.05, 0) is 119 Å². The molecular weight excluding hydrogens is 498 g/mol. The number of hydrogen-bond acceptors (Lipinski definition) is 4. The number of carbonyl (C=O) groups is 1. The largest absolute Gasteiger partial charge is 0.385 e. The molecule has 6 nitrogen and oxygen atoms in total. The molecule has 1 aliphatic heterocycles. The number of carbonyl (C=O) groups excluding carboxylic acids is 1. The van der Waals surface area contributed by atoms with Crippen LogP contribution in [0.15, 0.2) is 24.3 Å². The maximum atomic E-state index is 13.7. The zero-order valence-electron chi connectivity index (χ0n) is 23.4. The molecule has 212 valence electrons. The number of unbranched alkanes of at least 4 members (excludes halogenated alkanes) is 1. The fourth-order valence-electron chi connectivity index (χ4n) is 9.01. The van der Waals surface area contributed by atoms with Gasteiger partial charge >= 0.3 is 6.03 Å². The lowest BCUT2D eigenvalue weighted by Gasteiger charge is -2.43. The molecule has 5 atom stereocenters. The minimum Gasteiger partial charge on any atom is -0.385 e. The van der Waals surface area contributed by atoms with Gasteiger partial charge in [0.05, 0.1) is 5.60 Å². The number of amides is 2. The second kappa shape index (κ2) is 12.0. The van der Waals surface area contributed by atoms with Crippen LogP contribution in [0, 0.1) is 29.1 Å². The number of aliphatic hydroxyl groups is 1. The summed E-state index contributed by atoms with van der Waals surface area (Å²) in [6, 6.07) is 7.80. The van der Waals surface area contributed by atoms with Crippen molar-refractivity contribution in [3.63, 3.8) is 0 Å². The molecule has 0 aromatic heterocycles. The number of piperidine rings is 1. The number of likely N-dealkylation sites (N-methyl/N-ethyl adjacent to an activating group) is 1. The van der Waals surface area contributed by atoms with Gasteiger partial charge in [0, 0.05) is 50.3 Å². The second-order valence-electron chi connectivity index (χ2n) is 13.0. The van der Waals surface area contributed by atoms with Crippen LogP contribution in [0.3, 0.4) is 0 Å². The Balaban J connectivity index is 1.26. The molecule has 5 unspecified atom stereocenters. The number of hydrogen-bond donors (Lipinski definition) is 3. The average molecular weight is 546 g/mol. The zero-order chi connectivity index (χ0) is 26.8. The molecule has 4 bridgehead atoms. The van der Waals surface area contributed by atoms with E-state index in [2.05, 4.69) is 10.6 Å². The smallest absolute Gasteiger partial charge is 0.317 e. The van der Waals surface area contributed by atoms with E-state index < -0.39 is 5.60 Å². The fraction of sp³-hybridized carbons (Fsp3) is 0.774. The monoisotopic (exact) mass is 545 g/mol. The molecule has 4 aliphatic carbocycles. The van der Waals surface area contributed by atoms with Crippen molar-refractivity contribution in [1.82, 2.24) is 15.5 Å². The molecule has 1 heterocycles. The van der Waals surface area contributed by atoms with Crippen LogP contribution in [0.5, 0.6) is 0 Å². The number of benzene rings is 1. The fourth-order valence-corrected chi connectivity index (χ4v) is 9.20. The number of nitrogens with one attached hydrogen (secondary N) is 2. The molecule has 4 saturated carbocycles. The lowest BCUT2D eigenvalue weighted by Crippen LogP contribution is -2.54. The highest BCUT2D eigenvalue weighted by atomic mass is 35.5. The maximum absolute atomic E-state index is 13.7. The van der Waals surface area contributed by atoms with Crippen molar-refractivity contribution in [3.05, 3.63) is 34.9 Å². The molecule has 1 aromatic carbocycles. The Morgan fingerprint density at radius 2 is 2.05 bits per heavy atom. The Bertz CT molecular complexity index is 946. The molecule has 6 rings (SSSR count). The first-order chi connectivity index (χ1) is 18.3. The molecule has 7 heteroatoms. The third-order valence-electron chi connectivity index (χ3n) is 10.5. The van der Waals surface area contributed by atoms with Gasteiger partial charge in [-0.2, -0.15) is 0 Å². The predicted octanol–water partition coefficient (Wildman–Crippen LogP) is 5.57. The van der Waals surface area contributed by atoms with Crippen LogP contribution >= 0.6 is 11.6 Å². The van der Waals surface area contributed by atoms with Gasteiger partial charge in [0.25, 0.3) is 0 Å². The summed E-state index contributed by atoms with van der Waals surface area (Å²) in [6.45, 7) is 2.78. The maximum Gasteiger partial charge on any atom is 0.317 e. The Morgan fingerprint density at radius 3 is 2.76 bits per heavy atom. The van der Waals surface area contributed by atoms with Crippen molar-refractivity contribution >= 4 is 17.6 Å². The van der Waals surface area contributed by atoms with E-state index in [4.69, 9.17) is 16.3 Å². The number of methoxy groups -OCH3 is 1. The summed E-state index contributed by atoms with van der Waals surface area (Å²) < 4.78 is 5.24. The van der Waals surface area contributed by atoms with Crippen molar-refractivity contribution in [3.8, 4) is 0 Å². The van der Waals surface area contributed by atoms with Gasteiger partial charge in [0.2, 0.25) is 0 Å². The number of rotatable bonds is 12. The van der Waals surface area contributed by atoms with E-state index in [-0.39, 0.29) is 18.0 Å². The van der Waals surface area contributed by atoms with Crippen LogP contribution in [0.1, 0.15) is 76.2 Å². The molecule has 0 spiro atoms. The summed E-state index contributed by atoms with van der Waals surface area (Å²) >= 11 is 6.35. The Morgan fingerprint density at radius 1 is 1.26 bits per heavy atom. The Hall–Kier alpha value is -1.34. The summed E-state index contributed by atoms with van der Waals surface area (Å²) in [6.07, 6.45) is 12.3. The van der Waals surface area contributed by atoms with Crippen LogP contribution in [0.2, 0.25) is 5.02 Å². The van der Waals surface area contributed by atoms with Crippen LogP contribution < -0.4 is 10.6 Å². The van der Waals surface area contributed by atoms with Crippen molar-refractivity contribution in [1.29, 1.82) is 0 Å². The van der Waals surface area contributed by atoms with Gasteiger partial charge in [-0.25, -0.2) is 4.79 Å². The number of halogens is 1. The number of ether oxygens (including phenoxy) is 1. The van der Waals surface area contributed by atoms with Crippen LogP contribution in [0.25, 0.3) is 0 Å². The first-order valence-electron chi connectivity index (χ1n) is 15.0. The number of nitrogens with zero attached hydrogens (tertiary/aromatic N) is 1. The molecule has 38 heavy (non-hydrogen) atoms. The first kappa shape index (κ1) is 28.2. The van der Waals surface area contributed by atoms with E-state index in [0.717, 1.165) is 68.5 Å². The topological polar surface area (TPSA) is 73.8 Å². The van der Waals surface area contributed by atoms with Gasteiger partial charge in [-0.15, -0.1) is 0 Å². The highest BCUT2D eigenvalue weighted by molar-refractivity contribution is 6.30. The van der Waals surface area contributed by atoms with Crippen LogP contribution in [0.4, 0.5) is 4.79 Å². The number of urea groups is 1. The van der Waals surface area contributed by atoms with Crippen molar-refractivity contribution in [2.24, 2.45) is 29.1 Å². The van der Waals surface area contributed by atoms with Crippen LogP contribution in [-0.2, 0) is 10.3 Å². The molecule has 5 aliphatic rings. The van der Waals surface area contributed by atoms with Gasteiger partial charge in [-0.1, -0.05) is 23.7 Å². The van der Waals surface area contributed by atoms with E-state index in [1.165, 1.54) is 32.1 Å². The predicted molar refractivity (Wildman–Crippen MR) is 152 cm³/mol. The van der Waals surface area contributed by atoms with E-state index in [1.54, 1.807) is 7.11 Å². The van der Waals surface area contributed by atoms with Gasteiger partial charge in [0.1, 0.15) is 0 Å². The third-order valence-corrected chi connectivity index (χ3v) is 10.7. The van der Waals surface area contributed by atoms with E-state index >= 15 is 0 Å². The summed E-state index contributed by atoms with van der Waals surface area (Å²) in [7, 11) is 3.70.